The van der Waals surface area contributed by atoms with E-state index in [4.69, 9.17) is 5.73 Å². The summed E-state index contributed by atoms with van der Waals surface area (Å²) in [5.41, 5.74) is 7.40. The molecule has 1 aliphatic rings. The largest absolute Gasteiger partial charge is 0.351 e. The number of rotatable bonds is 4. The highest BCUT2D eigenvalue weighted by molar-refractivity contribution is 6.05. The van der Waals surface area contributed by atoms with Crippen LogP contribution in [0.4, 0.5) is 0 Å². The number of para-hydroxylation sites is 1. The number of fused-ring (bicyclic) bond motifs is 1. The average molecular weight is 283 g/mol. The van der Waals surface area contributed by atoms with Crippen LogP contribution in [-0.4, -0.2) is 24.0 Å². The monoisotopic (exact) mass is 283 g/mol. The van der Waals surface area contributed by atoms with E-state index in [9.17, 15) is 4.79 Å². The van der Waals surface area contributed by atoms with Gasteiger partial charge in [0.15, 0.2) is 0 Å². The van der Waals surface area contributed by atoms with Crippen LogP contribution in [-0.2, 0) is 0 Å². The maximum Gasteiger partial charge on any atom is 0.253 e. The van der Waals surface area contributed by atoms with Crippen molar-refractivity contribution in [2.75, 3.05) is 13.1 Å². The van der Waals surface area contributed by atoms with E-state index in [1.807, 2.05) is 30.3 Å². The Labute approximate surface area is 124 Å². The van der Waals surface area contributed by atoms with Crippen molar-refractivity contribution >= 4 is 16.8 Å². The lowest BCUT2D eigenvalue weighted by molar-refractivity contribution is 0.0933. The summed E-state index contributed by atoms with van der Waals surface area (Å²) < 4.78 is 0. The number of hydrogen-bond donors (Lipinski definition) is 2. The molecule has 3 rings (SSSR count). The Morgan fingerprint density at radius 3 is 2.76 bits per heavy atom. The predicted molar refractivity (Wildman–Crippen MR) is 84.0 cm³/mol. The topological polar surface area (TPSA) is 68.0 Å². The molecular formula is C17H21N3O. The normalized spacial score (nSPS) is 17.0. The molecular weight excluding hydrogens is 262 g/mol. The molecule has 1 saturated carbocycles. The number of hydrogen-bond acceptors (Lipinski definition) is 3. The Balaban J connectivity index is 1.78. The summed E-state index contributed by atoms with van der Waals surface area (Å²) in [6.07, 6.45) is 6.36. The molecule has 0 atom stereocenters. The number of amides is 1. The third kappa shape index (κ3) is 2.76. The molecule has 3 N–H and O–H groups in total. The van der Waals surface area contributed by atoms with Crippen molar-refractivity contribution in [2.45, 2.75) is 25.7 Å². The fourth-order valence-corrected chi connectivity index (χ4v) is 3.23. The van der Waals surface area contributed by atoms with Crippen molar-refractivity contribution in [3.63, 3.8) is 0 Å². The number of nitrogens with zero attached hydrogens (tertiary/aromatic N) is 1. The van der Waals surface area contributed by atoms with E-state index < -0.39 is 0 Å². The first-order valence-corrected chi connectivity index (χ1v) is 7.56. The number of nitrogens with two attached hydrogens (primary N) is 1. The second kappa shape index (κ2) is 5.82. The minimum atomic E-state index is -0.0565. The maximum absolute atomic E-state index is 12.5. The van der Waals surface area contributed by atoms with Gasteiger partial charge in [-0.3, -0.25) is 9.78 Å². The van der Waals surface area contributed by atoms with Crippen LogP contribution in [0.5, 0.6) is 0 Å². The highest BCUT2D eigenvalue weighted by atomic mass is 16.1. The number of benzene rings is 1. The summed E-state index contributed by atoms with van der Waals surface area (Å²) in [5, 5.41) is 4.05. The van der Waals surface area contributed by atoms with Crippen LogP contribution >= 0.6 is 0 Å². The fourth-order valence-electron chi connectivity index (χ4n) is 3.23. The zero-order chi connectivity index (χ0) is 14.7. The Morgan fingerprint density at radius 1 is 1.24 bits per heavy atom. The Morgan fingerprint density at radius 2 is 2.00 bits per heavy atom. The summed E-state index contributed by atoms with van der Waals surface area (Å²) in [4.78, 5) is 16.8. The number of pyridine rings is 1. The Bertz CT molecular complexity index is 642. The predicted octanol–water partition coefficient (Wildman–Crippen LogP) is 2.48. The van der Waals surface area contributed by atoms with Gasteiger partial charge in [0.05, 0.1) is 11.1 Å². The third-order valence-electron chi connectivity index (χ3n) is 4.60. The molecule has 1 aromatic heterocycles. The number of aromatic nitrogens is 1. The molecule has 1 aromatic carbocycles. The first kappa shape index (κ1) is 14.0. The van der Waals surface area contributed by atoms with Crippen molar-refractivity contribution in [1.29, 1.82) is 0 Å². The van der Waals surface area contributed by atoms with Crippen molar-refractivity contribution in [3.8, 4) is 0 Å². The van der Waals surface area contributed by atoms with E-state index in [1.165, 1.54) is 12.8 Å². The van der Waals surface area contributed by atoms with Crippen LogP contribution in [0.3, 0.4) is 0 Å². The smallest absolute Gasteiger partial charge is 0.253 e. The zero-order valence-electron chi connectivity index (χ0n) is 12.1. The lowest BCUT2D eigenvalue weighted by Gasteiger charge is -2.27. The van der Waals surface area contributed by atoms with Crippen LogP contribution in [0, 0.1) is 5.41 Å². The average Bonchev–Trinajstić information content (AvgIpc) is 3.01. The second-order valence-corrected chi connectivity index (χ2v) is 5.97. The molecule has 4 nitrogen and oxygen atoms in total. The van der Waals surface area contributed by atoms with Crippen LogP contribution < -0.4 is 11.1 Å². The van der Waals surface area contributed by atoms with Crippen LogP contribution in [0.1, 0.15) is 36.0 Å². The third-order valence-corrected chi connectivity index (χ3v) is 4.60. The highest BCUT2D eigenvalue weighted by Gasteiger charge is 2.32. The summed E-state index contributed by atoms with van der Waals surface area (Å²) in [6.45, 7) is 1.30. The number of nitrogens with one attached hydrogen (secondary N) is 1. The second-order valence-electron chi connectivity index (χ2n) is 5.97. The molecule has 2 aromatic rings. The van der Waals surface area contributed by atoms with Crippen molar-refractivity contribution < 1.29 is 4.79 Å². The fraction of sp³-hybridized carbons (Fsp3) is 0.412. The number of carbonyl (C=O) groups excluding carboxylic acids is 1. The van der Waals surface area contributed by atoms with Crippen molar-refractivity contribution in [3.05, 3.63) is 42.1 Å². The molecule has 0 saturated heterocycles. The van der Waals surface area contributed by atoms with Crippen LogP contribution in [0.25, 0.3) is 10.9 Å². The summed E-state index contributed by atoms with van der Waals surface area (Å²) in [5.74, 6) is -0.0565. The molecule has 21 heavy (non-hydrogen) atoms. The van der Waals surface area contributed by atoms with E-state index in [0.29, 0.717) is 18.7 Å². The van der Waals surface area contributed by atoms with Gasteiger partial charge in [0.2, 0.25) is 0 Å². The maximum atomic E-state index is 12.5. The van der Waals surface area contributed by atoms with Gasteiger partial charge in [-0.25, -0.2) is 0 Å². The van der Waals surface area contributed by atoms with Gasteiger partial charge in [-0.05, 0) is 36.9 Å². The molecule has 1 aliphatic carbocycles. The molecule has 0 radical (unpaired) electrons. The minimum Gasteiger partial charge on any atom is -0.351 e. The standard InChI is InChI=1S/C17H21N3O/c18-11-17(8-1-2-9-17)12-20-16(21)14-7-3-5-13-6-4-10-19-15(13)14/h3-7,10H,1-2,8-9,11-12,18H2,(H,20,21). The van der Waals surface area contributed by atoms with E-state index in [-0.39, 0.29) is 11.3 Å². The van der Waals surface area contributed by atoms with Crippen LogP contribution in [0.15, 0.2) is 36.5 Å². The lowest BCUT2D eigenvalue weighted by atomic mass is 9.86. The summed E-state index contributed by atoms with van der Waals surface area (Å²) in [6, 6.07) is 9.54. The van der Waals surface area contributed by atoms with Gasteiger partial charge < -0.3 is 11.1 Å². The Hall–Kier alpha value is -1.94. The molecule has 1 amide bonds. The van der Waals surface area contributed by atoms with Gasteiger partial charge in [0, 0.05) is 18.1 Å². The molecule has 0 bridgehead atoms. The molecule has 110 valence electrons. The minimum absolute atomic E-state index is 0.0565. The van der Waals surface area contributed by atoms with Gasteiger partial charge in [0.1, 0.15) is 0 Å². The van der Waals surface area contributed by atoms with Crippen molar-refractivity contribution in [2.24, 2.45) is 11.1 Å². The molecule has 1 fully saturated rings. The van der Waals surface area contributed by atoms with E-state index in [2.05, 4.69) is 10.3 Å². The van der Waals surface area contributed by atoms with Gasteiger partial charge >= 0.3 is 0 Å². The Kier molecular flexibility index (Phi) is 3.88. The molecule has 4 heteroatoms. The van der Waals surface area contributed by atoms with Gasteiger partial charge in [-0.2, -0.15) is 0 Å². The number of carbonyl (C=O) groups is 1. The van der Waals surface area contributed by atoms with Crippen LogP contribution in [0.2, 0.25) is 0 Å². The molecule has 1 heterocycles. The first-order chi connectivity index (χ1) is 10.2. The van der Waals surface area contributed by atoms with Crippen molar-refractivity contribution in [1.82, 2.24) is 10.3 Å². The van der Waals surface area contributed by atoms with E-state index >= 15 is 0 Å². The summed E-state index contributed by atoms with van der Waals surface area (Å²) >= 11 is 0. The molecule has 0 spiro atoms. The SMILES string of the molecule is NCC1(CNC(=O)c2cccc3cccnc23)CCCC1. The zero-order valence-corrected chi connectivity index (χ0v) is 12.1. The molecule has 0 unspecified atom stereocenters. The van der Waals surface area contributed by atoms with E-state index in [0.717, 1.165) is 23.7 Å². The quantitative estimate of drug-likeness (QED) is 0.905. The highest BCUT2D eigenvalue weighted by Crippen LogP contribution is 2.36. The summed E-state index contributed by atoms with van der Waals surface area (Å²) in [7, 11) is 0. The lowest BCUT2D eigenvalue weighted by Crippen LogP contribution is -2.40. The van der Waals surface area contributed by atoms with E-state index in [1.54, 1.807) is 6.20 Å². The van der Waals surface area contributed by atoms with Gasteiger partial charge in [0.25, 0.3) is 5.91 Å². The molecule has 0 aliphatic heterocycles. The van der Waals surface area contributed by atoms with Gasteiger partial charge in [-0.1, -0.05) is 31.0 Å². The first-order valence-electron chi connectivity index (χ1n) is 7.56. The van der Waals surface area contributed by atoms with Gasteiger partial charge in [-0.15, -0.1) is 0 Å².